The van der Waals surface area contributed by atoms with Crippen LogP contribution in [0.4, 0.5) is 5.69 Å². The minimum absolute atomic E-state index is 0.126. The van der Waals surface area contributed by atoms with E-state index >= 15 is 0 Å². The molecule has 0 aliphatic carbocycles. The summed E-state index contributed by atoms with van der Waals surface area (Å²) in [7, 11) is 3.03. The molecular formula is C11H13N3O2S. The van der Waals surface area contributed by atoms with Crippen molar-refractivity contribution in [2.75, 3.05) is 19.9 Å². The number of carbonyl (C=O) groups excluding carboxylic acids is 1. The highest BCUT2D eigenvalue weighted by molar-refractivity contribution is 7.19. The number of nitrogen functional groups attached to an aromatic ring is 1. The number of nitrogens with zero attached hydrogens (tertiary/aromatic N) is 2. The van der Waals surface area contributed by atoms with E-state index in [0.717, 1.165) is 15.0 Å². The van der Waals surface area contributed by atoms with Crippen LogP contribution in [-0.4, -0.2) is 30.1 Å². The molecule has 1 amide bonds. The maximum Gasteiger partial charge on any atom is 0.251 e. The summed E-state index contributed by atoms with van der Waals surface area (Å²) < 4.78 is 0.993. The highest BCUT2D eigenvalue weighted by atomic mass is 32.1. The number of hydroxylamine groups is 2. The van der Waals surface area contributed by atoms with Crippen molar-refractivity contribution >= 4 is 33.0 Å². The third-order valence-corrected chi connectivity index (χ3v) is 3.70. The number of hydrogen-bond acceptors (Lipinski definition) is 5. The van der Waals surface area contributed by atoms with Crippen LogP contribution in [0.2, 0.25) is 0 Å². The van der Waals surface area contributed by atoms with Gasteiger partial charge in [0.05, 0.1) is 23.9 Å². The van der Waals surface area contributed by atoms with Crippen molar-refractivity contribution in [3.63, 3.8) is 0 Å². The Morgan fingerprint density at radius 1 is 1.65 bits per heavy atom. The molecule has 0 bridgehead atoms. The van der Waals surface area contributed by atoms with Crippen molar-refractivity contribution < 1.29 is 9.63 Å². The summed E-state index contributed by atoms with van der Waals surface area (Å²) in [5.74, 6) is -0.126. The zero-order valence-corrected chi connectivity index (χ0v) is 10.5. The fraction of sp³-hybridized carbons (Fsp3) is 0.273. The number of hydrogen-bond donors (Lipinski definition) is 1. The second-order valence-corrected chi connectivity index (χ2v) is 4.70. The van der Waals surface area contributed by atoms with Crippen molar-refractivity contribution in [1.82, 2.24) is 10.0 Å². The first-order valence-corrected chi connectivity index (χ1v) is 5.86. The molecule has 5 nitrogen and oxygen atoms in total. The molecule has 2 N–H and O–H groups in total. The average molecular weight is 251 g/mol. The summed E-state index contributed by atoms with van der Waals surface area (Å²) in [6.45, 7) is 0. The SMILES string of the molecule is CON(C)C(=O)Cc1sc2cnccc2c1N. The molecule has 2 heterocycles. The molecule has 0 saturated carbocycles. The van der Waals surface area contributed by atoms with Gasteiger partial charge in [0, 0.05) is 29.7 Å². The number of amides is 1. The molecular weight excluding hydrogens is 238 g/mol. The number of aromatic nitrogens is 1. The predicted molar refractivity (Wildman–Crippen MR) is 67.5 cm³/mol. The fourth-order valence-corrected chi connectivity index (χ4v) is 2.59. The van der Waals surface area contributed by atoms with E-state index in [2.05, 4.69) is 4.98 Å². The van der Waals surface area contributed by atoms with Gasteiger partial charge in [0.2, 0.25) is 0 Å². The van der Waals surface area contributed by atoms with E-state index in [1.807, 2.05) is 6.07 Å². The Bertz CT molecular complexity index is 553. The van der Waals surface area contributed by atoms with Crippen molar-refractivity contribution in [1.29, 1.82) is 0 Å². The molecule has 0 saturated heterocycles. The second kappa shape index (κ2) is 4.68. The highest BCUT2D eigenvalue weighted by Crippen LogP contribution is 2.33. The van der Waals surface area contributed by atoms with Crippen LogP contribution < -0.4 is 5.73 Å². The van der Waals surface area contributed by atoms with E-state index in [0.29, 0.717) is 5.69 Å². The number of anilines is 1. The topological polar surface area (TPSA) is 68.5 Å². The molecule has 90 valence electrons. The summed E-state index contributed by atoms with van der Waals surface area (Å²) in [5.41, 5.74) is 6.66. The standard InChI is InChI=1S/C11H13N3O2S/c1-14(16-2)10(15)5-8-11(12)7-3-4-13-6-9(7)17-8/h3-4,6H,5,12H2,1-2H3. The van der Waals surface area contributed by atoms with Crippen LogP contribution in [0.1, 0.15) is 4.88 Å². The van der Waals surface area contributed by atoms with Crippen molar-refractivity contribution in [3.8, 4) is 0 Å². The van der Waals surface area contributed by atoms with Crippen LogP contribution in [0.5, 0.6) is 0 Å². The smallest absolute Gasteiger partial charge is 0.251 e. The highest BCUT2D eigenvalue weighted by Gasteiger charge is 2.15. The van der Waals surface area contributed by atoms with Crippen LogP contribution in [0, 0.1) is 0 Å². The fourth-order valence-electron chi connectivity index (χ4n) is 1.50. The average Bonchev–Trinajstić information content (AvgIpc) is 2.66. The lowest BCUT2D eigenvalue weighted by atomic mass is 10.2. The minimum Gasteiger partial charge on any atom is -0.397 e. The molecule has 0 fully saturated rings. The third-order valence-electron chi connectivity index (χ3n) is 2.55. The van der Waals surface area contributed by atoms with Crippen LogP contribution in [-0.2, 0) is 16.1 Å². The van der Waals surface area contributed by atoms with E-state index in [1.165, 1.54) is 23.5 Å². The van der Waals surface area contributed by atoms with Gasteiger partial charge < -0.3 is 5.73 Å². The molecule has 6 heteroatoms. The van der Waals surface area contributed by atoms with Gasteiger partial charge in [0.1, 0.15) is 0 Å². The normalized spacial score (nSPS) is 10.7. The maximum absolute atomic E-state index is 11.7. The lowest BCUT2D eigenvalue weighted by molar-refractivity contribution is -0.167. The monoisotopic (exact) mass is 251 g/mol. The Hall–Kier alpha value is -1.66. The zero-order chi connectivity index (χ0) is 12.4. The summed E-state index contributed by atoms with van der Waals surface area (Å²) in [5, 5.41) is 2.15. The van der Waals surface area contributed by atoms with Gasteiger partial charge in [0.25, 0.3) is 5.91 Å². The molecule has 0 aliphatic rings. The summed E-state index contributed by atoms with van der Waals surface area (Å²) in [6, 6.07) is 1.86. The first kappa shape index (κ1) is 11.8. The van der Waals surface area contributed by atoms with E-state index in [9.17, 15) is 4.79 Å². The first-order valence-electron chi connectivity index (χ1n) is 5.05. The van der Waals surface area contributed by atoms with E-state index in [-0.39, 0.29) is 12.3 Å². The van der Waals surface area contributed by atoms with Gasteiger partial charge in [-0.15, -0.1) is 11.3 Å². The number of pyridine rings is 1. The summed E-state index contributed by atoms with van der Waals surface area (Å²) >= 11 is 1.49. The molecule has 0 aromatic carbocycles. The summed E-state index contributed by atoms with van der Waals surface area (Å²) in [4.78, 5) is 21.4. The second-order valence-electron chi connectivity index (χ2n) is 3.56. The van der Waals surface area contributed by atoms with Gasteiger partial charge in [0.15, 0.2) is 0 Å². The Balaban J connectivity index is 2.30. The predicted octanol–water partition coefficient (Wildman–Crippen LogP) is 1.44. The van der Waals surface area contributed by atoms with Gasteiger partial charge in [-0.05, 0) is 6.07 Å². The van der Waals surface area contributed by atoms with Crippen molar-refractivity contribution in [2.45, 2.75) is 6.42 Å². The molecule has 2 rings (SSSR count). The Labute approximate surface area is 103 Å². The van der Waals surface area contributed by atoms with Crippen LogP contribution in [0.3, 0.4) is 0 Å². The molecule has 0 radical (unpaired) electrons. The maximum atomic E-state index is 11.7. The summed E-state index contributed by atoms with van der Waals surface area (Å²) in [6.07, 6.45) is 3.69. The lowest BCUT2D eigenvalue weighted by Gasteiger charge is -2.12. The quantitative estimate of drug-likeness (QED) is 0.838. The number of likely N-dealkylation sites (N-methyl/N-ethyl adjacent to an activating group) is 1. The van der Waals surface area contributed by atoms with Gasteiger partial charge in [-0.25, -0.2) is 5.06 Å². The minimum atomic E-state index is -0.126. The number of rotatable bonds is 3. The van der Waals surface area contributed by atoms with Crippen molar-refractivity contribution in [2.24, 2.45) is 0 Å². The molecule has 0 aliphatic heterocycles. The van der Waals surface area contributed by atoms with E-state index in [4.69, 9.17) is 10.6 Å². The van der Waals surface area contributed by atoms with E-state index in [1.54, 1.807) is 19.4 Å². The van der Waals surface area contributed by atoms with Crippen LogP contribution in [0.15, 0.2) is 18.5 Å². The number of nitrogens with two attached hydrogens (primary N) is 1. The van der Waals surface area contributed by atoms with Crippen LogP contribution in [0.25, 0.3) is 10.1 Å². The van der Waals surface area contributed by atoms with E-state index < -0.39 is 0 Å². The third kappa shape index (κ3) is 2.22. The first-order chi connectivity index (χ1) is 8.13. The van der Waals surface area contributed by atoms with Crippen LogP contribution >= 0.6 is 11.3 Å². The Kier molecular flexibility index (Phi) is 3.26. The molecule has 0 unspecified atom stereocenters. The Morgan fingerprint density at radius 2 is 2.41 bits per heavy atom. The largest absolute Gasteiger partial charge is 0.397 e. The Morgan fingerprint density at radius 3 is 3.06 bits per heavy atom. The van der Waals surface area contributed by atoms with Gasteiger partial charge in [-0.1, -0.05) is 0 Å². The zero-order valence-electron chi connectivity index (χ0n) is 9.64. The molecule has 17 heavy (non-hydrogen) atoms. The molecule has 0 atom stereocenters. The van der Waals surface area contributed by atoms with Gasteiger partial charge in [-0.2, -0.15) is 0 Å². The number of carbonyl (C=O) groups is 1. The molecule has 0 spiro atoms. The number of thiophene rings is 1. The number of fused-ring (bicyclic) bond motifs is 1. The molecule has 2 aromatic rings. The van der Waals surface area contributed by atoms with Crippen molar-refractivity contribution in [3.05, 3.63) is 23.3 Å². The van der Waals surface area contributed by atoms with Gasteiger partial charge in [-0.3, -0.25) is 14.6 Å². The molecule has 2 aromatic heterocycles. The van der Waals surface area contributed by atoms with Gasteiger partial charge >= 0.3 is 0 Å². The lowest BCUT2D eigenvalue weighted by Crippen LogP contribution is -2.26.